The van der Waals surface area contributed by atoms with Gasteiger partial charge in [0.05, 0.1) is 23.8 Å². The Labute approximate surface area is 90.4 Å². The smallest absolute Gasteiger partial charge is 0.339 e. The zero-order chi connectivity index (χ0) is 10.6. The fourth-order valence-electron chi connectivity index (χ4n) is 0.933. The van der Waals surface area contributed by atoms with Gasteiger partial charge in [-0.3, -0.25) is 0 Å². The summed E-state index contributed by atoms with van der Waals surface area (Å²) in [4.78, 5) is 15.3. The van der Waals surface area contributed by atoms with Crippen molar-refractivity contribution in [2.24, 2.45) is 0 Å². The molecule has 0 atom stereocenters. The predicted octanol–water partition coefficient (Wildman–Crippen LogP) is 2.03. The standard InChI is InChI=1S/C9H10BrNO3/c1-3-14-9(12)6-4-5-11-8(13-2)7(6)10/h4-5H,3H2,1-2H3. The Hall–Kier alpha value is -1.10. The second kappa shape index (κ2) is 4.95. The Bertz CT molecular complexity index is 341. The molecule has 0 saturated carbocycles. The summed E-state index contributed by atoms with van der Waals surface area (Å²) in [7, 11) is 1.49. The topological polar surface area (TPSA) is 48.4 Å². The van der Waals surface area contributed by atoms with Crippen molar-refractivity contribution in [3.63, 3.8) is 0 Å². The minimum atomic E-state index is -0.389. The molecule has 0 aromatic carbocycles. The van der Waals surface area contributed by atoms with Gasteiger partial charge in [0.2, 0.25) is 5.88 Å². The van der Waals surface area contributed by atoms with Crippen molar-refractivity contribution >= 4 is 21.9 Å². The first-order chi connectivity index (χ1) is 6.70. The largest absolute Gasteiger partial charge is 0.480 e. The molecular weight excluding hydrogens is 250 g/mol. The van der Waals surface area contributed by atoms with E-state index >= 15 is 0 Å². The number of hydrogen-bond donors (Lipinski definition) is 0. The van der Waals surface area contributed by atoms with Gasteiger partial charge in [-0.2, -0.15) is 0 Å². The van der Waals surface area contributed by atoms with Gasteiger partial charge in [-0.15, -0.1) is 0 Å². The van der Waals surface area contributed by atoms with Gasteiger partial charge in [-0.1, -0.05) is 0 Å². The molecule has 1 rings (SSSR count). The second-order valence-corrected chi connectivity index (χ2v) is 3.20. The molecule has 0 aliphatic heterocycles. The molecule has 5 heteroatoms. The van der Waals surface area contributed by atoms with Crippen molar-refractivity contribution < 1.29 is 14.3 Å². The van der Waals surface area contributed by atoms with Crippen molar-refractivity contribution in [1.82, 2.24) is 4.98 Å². The summed E-state index contributed by atoms with van der Waals surface area (Å²) in [6.45, 7) is 2.10. The number of aromatic nitrogens is 1. The number of hydrogen-bond acceptors (Lipinski definition) is 4. The van der Waals surface area contributed by atoms with Crippen molar-refractivity contribution in [2.75, 3.05) is 13.7 Å². The van der Waals surface area contributed by atoms with E-state index in [0.717, 1.165) is 0 Å². The third-order valence-electron chi connectivity index (χ3n) is 1.55. The number of carbonyl (C=O) groups excluding carboxylic acids is 1. The number of rotatable bonds is 3. The molecule has 0 aliphatic carbocycles. The Morgan fingerprint density at radius 3 is 2.93 bits per heavy atom. The normalized spacial score (nSPS) is 9.64. The quantitative estimate of drug-likeness (QED) is 0.780. The molecule has 0 unspecified atom stereocenters. The van der Waals surface area contributed by atoms with Gasteiger partial charge in [0.1, 0.15) is 0 Å². The lowest BCUT2D eigenvalue weighted by Gasteiger charge is -2.06. The molecule has 76 valence electrons. The monoisotopic (exact) mass is 259 g/mol. The van der Waals surface area contributed by atoms with Crippen LogP contribution in [0.4, 0.5) is 0 Å². The zero-order valence-electron chi connectivity index (χ0n) is 7.91. The minimum absolute atomic E-state index is 0.343. The van der Waals surface area contributed by atoms with Crippen LogP contribution in [0.3, 0.4) is 0 Å². The average molecular weight is 260 g/mol. The Morgan fingerprint density at radius 1 is 1.64 bits per heavy atom. The van der Waals surface area contributed by atoms with Gasteiger partial charge in [0.25, 0.3) is 0 Å². The van der Waals surface area contributed by atoms with Crippen molar-refractivity contribution in [2.45, 2.75) is 6.92 Å². The number of halogens is 1. The van der Waals surface area contributed by atoms with E-state index in [1.54, 1.807) is 13.0 Å². The maximum Gasteiger partial charge on any atom is 0.339 e. The lowest BCUT2D eigenvalue weighted by molar-refractivity contribution is 0.0524. The van der Waals surface area contributed by atoms with Gasteiger partial charge < -0.3 is 9.47 Å². The molecular formula is C9H10BrNO3. The first-order valence-corrected chi connectivity index (χ1v) is 4.85. The lowest BCUT2D eigenvalue weighted by atomic mass is 10.3. The molecule has 14 heavy (non-hydrogen) atoms. The van der Waals surface area contributed by atoms with E-state index in [-0.39, 0.29) is 5.97 Å². The Balaban J connectivity index is 3.03. The lowest BCUT2D eigenvalue weighted by Crippen LogP contribution is -2.06. The maximum atomic E-state index is 11.4. The molecule has 0 aliphatic rings. The summed E-state index contributed by atoms with van der Waals surface area (Å²) in [6, 6.07) is 1.57. The van der Waals surface area contributed by atoms with E-state index in [9.17, 15) is 4.79 Å². The SMILES string of the molecule is CCOC(=O)c1ccnc(OC)c1Br. The van der Waals surface area contributed by atoms with E-state index in [2.05, 4.69) is 20.9 Å². The molecule has 1 aromatic heterocycles. The number of ether oxygens (including phenoxy) is 2. The predicted molar refractivity (Wildman–Crippen MR) is 54.4 cm³/mol. The number of nitrogens with zero attached hydrogens (tertiary/aromatic N) is 1. The summed E-state index contributed by atoms with van der Waals surface area (Å²) in [6.07, 6.45) is 1.50. The first-order valence-electron chi connectivity index (χ1n) is 4.06. The third-order valence-corrected chi connectivity index (χ3v) is 2.31. The van der Waals surface area contributed by atoms with Crippen LogP contribution in [0.5, 0.6) is 5.88 Å². The highest BCUT2D eigenvalue weighted by atomic mass is 79.9. The molecule has 1 aromatic rings. The van der Waals surface area contributed by atoms with E-state index in [0.29, 0.717) is 22.5 Å². The molecule has 0 fully saturated rings. The first kappa shape index (κ1) is 11.0. The summed E-state index contributed by atoms with van der Waals surface area (Å²) in [5.74, 6) is -0.0179. The molecule has 0 spiro atoms. The van der Waals surface area contributed by atoms with E-state index in [1.807, 2.05) is 0 Å². The summed E-state index contributed by atoms with van der Waals surface area (Å²) in [5, 5.41) is 0. The Kier molecular flexibility index (Phi) is 3.88. The zero-order valence-corrected chi connectivity index (χ0v) is 9.50. The molecule has 0 saturated heterocycles. The molecule has 4 nitrogen and oxygen atoms in total. The van der Waals surface area contributed by atoms with E-state index in [1.165, 1.54) is 13.3 Å². The second-order valence-electron chi connectivity index (χ2n) is 2.40. The van der Waals surface area contributed by atoms with Crippen LogP contribution < -0.4 is 4.74 Å². The van der Waals surface area contributed by atoms with E-state index in [4.69, 9.17) is 9.47 Å². The van der Waals surface area contributed by atoms with Crippen molar-refractivity contribution in [1.29, 1.82) is 0 Å². The van der Waals surface area contributed by atoms with Gasteiger partial charge in [0.15, 0.2) is 0 Å². The molecule has 0 amide bonds. The van der Waals surface area contributed by atoms with Crippen LogP contribution in [0.25, 0.3) is 0 Å². The fourth-order valence-corrected chi connectivity index (χ4v) is 1.49. The summed E-state index contributed by atoms with van der Waals surface area (Å²) < 4.78 is 10.3. The molecule has 1 heterocycles. The van der Waals surface area contributed by atoms with Crippen LogP contribution >= 0.6 is 15.9 Å². The maximum absolute atomic E-state index is 11.4. The highest BCUT2D eigenvalue weighted by Gasteiger charge is 2.14. The van der Waals surface area contributed by atoms with Crippen LogP contribution in [-0.2, 0) is 4.74 Å². The van der Waals surface area contributed by atoms with Gasteiger partial charge in [0, 0.05) is 6.20 Å². The van der Waals surface area contributed by atoms with Crippen molar-refractivity contribution in [3.05, 3.63) is 22.3 Å². The number of methoxy groups -OCH3 is 1. The highest BCUT2D eigenvalue weighted by molar-refractivity contribution is 9.10. The minimum Gasteiger partial charge on any atom is -0.480 e. The van der Waals surface area contributed by atoms with Crippen LogP contribution in [-0.4, -0.2) is 24.7 Å². The number of esters is 1. The molecule has 0 bridgehead atoms. The van der Waals surface area contributed by atoms with Crippen LogP contribution in [0, 0.1) is 0 Å². The molecule has 0 radical (unpaired) electrons. The Morgan fingerprint density at radius 2 is 2.36 bits per heavy atom. The number of carbonyl (C=O) groups is 1. The third kappa shape index (κ3) is 2.23. The van der Waals surface area contributed by atoms with Gasteiger partial charge in [-0.05, 0) is 28.9 Å². The molecule has 0 N–H and O–H groups in total. The van der Waals surface area contributed by atoms with E-state index < -0.39 is 0 Å². The van der Waals surface area contributed by atoms with Crippen molar-refractivity contribution in [3.8, 4) is 5.88 Å². The fraction of sp³-hybridized carbons (Fsp3) is 0.333. The summed E-state index contributed by atoms with van der Waals surface area (Å²) in [5.41, 5.74) is 0.415. The van der Waals surface area contributed by atoms with Crippen LogP contribution in [0.15, 0.2) is 16.7 Å². The number of pyridine rings is 1. The summed E-state index contributed by atoms with van der Waals surface area (Å²) >= 11 is 3.22. The highest BCUT2D eigenvalue weighted by Crippen LogP contribution is 2.26. The van der Waals surface area contributed by atoms with Gasteiger partial charge in [-0.25, -0.2) is 9.78 Å². The van der Waals surface area contributed by atoms with Gasteiger partial charge >= 0.3 is 5.97 Å². The average Bonchev–Trinajstić information content (AvgIpc) is 2.18. The van der Waals surface area contributed by atoms with Crippen LogP contribution in [0.2, 0.25) is 0 Å². The van der Waals surface area contributed by atoms with Crippen LogP contribution in [0.1, 0.15) is 17.3 Å².